The van der Waals surface area contributed by atoms with Crippen LogP contribution in [0, 0.1) is 5.41 Å². The van der Waals surface area contributed by atoms with Gasteiger partial charge in [-0.1, -0.05) is 20.8 Å². The molecule has 0 spiro atoms. The quantitative estimate of drug-likeness (QED) is 0.722. The van der Waals surface area contributed by atoms with Gasteiger partial charge in [-0.05, 0) is 38.8 Å². The van der Waals surface area contributed by atoms with Crippen molar-refractivity contribution in [2.75, 3.05) is 33.3 Å². The average molecular weight is 242 g/mol. The van der Waals surface area contributed by atoms with E-state index in [1.54, 1.807) is 0 Å². The second-order valence-electron chi connectivity index (χ2n) is 6.47. The van der Waals surface area contributed by atoms with Gasteiger partial charge in [0.15, 0.2) is 0 Å². The summed E-state index contributed by atoms with van der Waals surface area (Å²) in [4.78, 5) is 2.43. The van der Waals surface area contributed by atoms with Crippen LogP contribution in [0.25, 0.3) is 0 Å². The summed E-state index contributed by atoms with van der Waals surface area (Å²) in [6, 6.07) is 0.611. The number of hydrogen-bond acceptors (Lipinski definition) is 3. The Hall–Kier alpha value is -0.120. The second-order valence-corrected chi connectivity index (χ2v) is 6.47. The molecule has 0 aromatic heterocycles. The summed E-state index contributed by atoms with van der Waals surface area (Å²) in [6.45, 7) is 13.3. The van der Waals surface area contributed by atoms with E-state index in [0.29, 0.717) is 17.6 Å². The lowest BCUT2D eigenvalue weighted by atomic mass is 9.92. The number of rotatable bonds is 6. The maximum Gasteiger partial charge on any atom is 0.0702 e. The van der Waals surface area contributed by atoms with E-state index < -0.39 is 0 Å². The maximum absolute atomic E-state index is 5.60. The Balaban J connectivity index is 2.06. The van der Waals surface area contributed by atoms with Gasteiger partial charge in [0.05, 0.1) is 6.10 Å². The maximum atomic E-state index is 5.60. The minimum absolute atomic E-state index is 0.398. The molecule has 102 valence electrons. The molecule has 3 nitrogen and oxygen atoms in total. The molecule has 1 rings (SSSR count). The first-order chi connectivity index (χ1) is 7.90. The van der Waals surface area contributed by atoms with Gasteiger partial charge < -0.3 is 10.1 Å². The van der Waals surface area contributed by atoms with Gasteiger partial charge in [-0.3, -0.25) is 4.90 Å². The first-order valence-corrected chi connectivity index (χ1v) is 6.93. The minimum Gasteiger partial charge on any atom is -0.377 e. The van der Waals surface area contributed by atoms with Crippen LogP contribution >= 0.6 is 0 Å². The van der Waals surface area contributed by atoms with Crippen molar-refractivity contribution in [3.63, 3.8) is 0 Å². The molecule has 1 N–H and O–H groups in total. The Morgan fingerprint density at radius 3 is 2.53 bits per heavy atom. The van der Waals surface area contributed by atoms with Crippen molar-refractivity contribution in [3.05, 3.63) is 0 Å². The van der Waals surface area contributed by atoms with Gasteiger partial charge in [0.25, 0.3) is 0 Å². The predicted octanol–water partition coefficient (Wildman–Crippen LogP) is 2.12. The fourth-order valence-corrected chi connectivity index (χ4v) is 2.31. The fraction of sp³-hybridized carbons (Fsp3) is 1.00. The van der Waals surface area contributed by atoms with Crippen LogP contribution in [0.2, 0.25) is 0 Å². The molecular weight excluding hydrogens is 212 g/mol. The highest BCUT2D eigenvalue weighted by Crippen LogP contribution is 2.18. The van der Waals surface area contributed by atoms with Crippen LogP contribution in [0.4, 0.5) is 0 Å². The molecule has 17 heavy (non-hydrogen) atoms. The standard InChI is InChI=1S/C14H30N2O/c1-12-13(6-11-17-12)16(5)10-9-15-8-7-14(2,3)4/h12-13,15H,6-11H2,1-5H3. The Labute approximate surface area is 107 Å². The van der Waals surface area contributed by atoms with Crippen molar-refractivity contribution in [2.24, 2.45) is 5.41 Å². The SMILES string of the molecule is CC1OCCC1N(C)CCNCCC(C)(C)C. The van der Waals surface area contributed by atoms with Crippen LogP contribution in [0.1, 0.15) is 40.5 Å². The zero-order chi connectivity index (χ0) is 12.9. The molecule has 1 fully saturated rings. The number of hydrogen-bond donors (Lipinski definition) is 1. The first-order valence-electron chi connectivity index (χ1n) is 6.93. The summed E-state index contributed by atoms with van der Waals surface area (Å²) in [5.74, 6) is 0. The van der Waals surface area contributed by atoms with Gasteiger partial charge in [-0.25, -0.2) is 0 Å². The molecule has 0 saturated carbocycles. The van der Waals surface area contributed by atoms with Gasteiger partial charge in [-0.2, -0.15) is 0 Å². The highest BCUT2D eigenvalue weighted by Gasteiger charge is 2.27. The minimum atomic E-state index is 0.398. The Bertz CT molecular complexity index is 213. The van der Waals surface area contributed by atoms with E-state index in [1.807, 2.05) is 0 Å². The van der Waals surface area contributed by atoms with Crippen molar-refractivity contribution >= 4 is 0 Å². The van der Waals surface area contributed by atoms with Gasteiger partial charge >= 0.3 is 0 Å². The van der Waals surface area contributed by atoms with Gasteiger partial charge in [0.2, 0.25) is 0 Å². The summed E-state index contributed by atoms with van der Waals surface area (Å²) >= 11 is 0. The molecule has 2 atom stereocenters. The Kier molecular flexibility index (Phi) is 5.90. The zero-order valence-electron chi connectivity index (χ0n) is 12.3. The third-order valence-electron chi connectivity index (χ3n) is 3.60. The van der Waals surface area contributed by atoms with Crippen LogP contribution < -0.4 is 5.32 Å². The second kappa shape index (κ2) is 6.72. The van der Waals surface area contributed by atoms with Gasteiger partial charge in [0.1, 0.15) is 0 Å². The number of ether oxygens (including phenoxy) is 1. The molecule has 1 saturated heterocycles. The molecule has 0 aromatic carbocycles. The first kappa shape index (κ1) is 14.9. The molecule has 0 amide bonds. The van der Waals surface area contributed by atoms with E-state index >= 15 is 0 Å². The van der Waals surface area contributed by atoms with E-state index in [-0.39, 0.29) is 0 Å². The van der Waals surface area contributed by atoms with Crippen LogP contribution in [-0.4, -0.2) is 50.3 Å². The van der Waals surface area contributed by atoms with Crippen LogP contribution in [0.15, 0.2) is 0 Å². The topological polar surface area (TPSA) is 24.5 Å². The summed E-state index contributed by atoms with van der Waals surface area (Å²) in [7, 11) is 2.21. The Morgan fingerprint density at radius 2 is 2.00 bits per heavy atom. The predicted molar refractivity (Wildman–Crippen MR) is 73.4 cm³/mol. The lowest BCUT2D eigenvalue weighted by Gasteiger charge is -2.26. The van der Waals surface area contributed by atoms with Crippen LogP contribution in [0.3, 0.4) is 0 Å². The molecule has 2 unspecified atom stereocenters. The smallest absolute Gasteiger partial charge is 0.0702 e. The lowest BCUT2D eigenvalue weighted by molar-refractivity contribution is 0.0840. The van der Waals surface area contributed by atoms with Crippen molar-refractivity contribution in [2.45, 2.75) is 52.7 Å². The third-order valence-corrected chi connectivity index (χ3v) is 3.60. The third kappa shape index (κ3) is 5.84. The zero-order valence-corrected chi connectivity index (χ0v) is 12.3. The summed E-state index contributed by atoms with van der Waals surface area (Å²) in [6.07, 6.45) is 2.81. The molecule has 1 aliphatic heterocycles. The average Bonchev–Trinajstić information content (AvgIpc) is 2.62. The van der Waals surface area contributed by atoms with Crippen molar-refractivity contribution in [1.82, 2.24) is 10.2 Å². The van der Waals surface area contributed by atoms with Gasteiger partial charge in [0, 0.05) is 25.7 Å². The number of nitrogens with zero attached hydrogens (tertiary/aromatic N) is 1. The largest absolute Gasteiger partial charge is 0.377 e. The molecule has 0 radical (unpaired) electrons. The highest BCUT2D eigenvalue weighted by atomic mass is 16.5. The number of nitrogens with one attached hydrogen (secondary N) is 1. The van der Waals surface area contributed by atoms with E-state index in [2.05, 4.69) is 45.0 Å². The highest BCUT2D eigenvalue weighted by molar-refractivity contribution is 4.80. The van der Waals surface area contributed by atoms with Gasteiger partial charge in [-0.15, -0.1) is 0 Å². The molecule has 1 heterocycles. The summed E-state index contributed by atoms with van der Waals surface area (Å²) in [5.41, 5.74) is 0.437. The van der Waals surface area contributed by atoms with E-state index in [1.165, 1.54) is 12.8 Å². The van der Waals surface area contributed by atoms with E-state index in [4.69, 9.17) is 4.74 Å². The molecule has 0 bridgehead atoms. The monoisotopic (exact) mass is 242 g/mol. The molecule has 1 aliphatic rings. The van der Waals surface area contributed by atoms with Crippen molar-refractivity contribution in [1.29, 1.82) is 0 Å². The fourth-order valence-electron chi connectivity index (χ4n) is 2.31. The van der Waals surface area contributed by atoms with Crippen LogP contribution in [0.5, 0.6) is 0 Å². The van der Waals surface area contributed by atoms with Crippen molar-refractivity contribution in [3.8, 4) is 0 Å². The lowest BCUT2D eigenvalue weighted by Crippen LogP contribution is -2.40. The molecular formula is C14H30N2O. The molecule has 0 aliphatic carbocycles. The summed E-state index contributed by atoms with van der Waals surface area (Å²) in [5, 5.41) is 3.53. The van der Waals surface area contributed by atoms with Crippen molar-refractivity contribution < 1.29 is 4.74 Å². The molecule has 3 heteroatoms. The van der Waals surface area contributed by atoms with E-state index in [0.717, 1.165) is 26.2 Å². The normalized spacial score (nSPS) is 25.8. The van der Waals surface area contributed by atoms with Crippen LogP contribution in [-0.2, 0) is 4.74 Å². The van der Waals surface area contributed by atoms with E-state index in [9.17, 15) is 0 Å². The summed E-state index contributed by atoms with van der Waals surface area (Å²) < 4.78 is 5.60. The molecule has 0 aromatic rings. The number of likely N-dealkylation sites (N-methyl/N-ethyl adjacent to an activating group) is 1. The Morgan fingerprint density at radius 1 is 1.29 bits per heavy atom.